The van der Waals surface area contributed by atoms with E-state index in [2.05, 4.69) is 15.6 Å². The van der Waals surface area contributed by atoms with E-state index in [0.717, 1.165) is 0 Å². The first-order valence-electron chi connectivity index (χ1n) is 7.57. The number of alkyl halides is 3. The number of anilines is 1. The van der Waals surface area contributed by atoms with Crippen molar-refractivity contribution in [3.63, 3.8) is 0 Å². The summed E-state index contributed by atoms with van der Waals surface area (Å²) in [4.78, 5) is 35.5. The van der Waals surface area contributed by atoms with Crippen molar-refractivity contribution in [3.05, 3.63) is 68.0 Å². The van der Waals surface area contributed by atoms with Crippen LogP contribution < -0.4 is 10.6 Å². The predicted molar refractivity (Wildman–Crippen MR) is 89.8 cm³/mol. The summed E-state index contributed by atoms with van der Waals surface area (Å²) >= 11 is 0. The van der Waals surface area contributed by atoms with Crippen LogP contribution in [0.3, 0.4) is 0 Å². The molecule has 0 unspecified atom stereocenters. The first kappa shape index (κ1) is 20.5. The topological polar surface area (TPSA) is 140 Å². The van der Waals surface area contributed by atoms with Crippen LogP contribution in [0.1, 0.15) is 15.9 Å². The Morgan fingerprint density at radius 2 is 1.71 bits per heavy atom. The number of aromatic nitrogens is 1. The van der Waals surface area contributed by atoms with Gasteiger partial charge in [-0.2, -0.15) is 13.2 Å². The molecule has 0 aliphatic rings. The molecular formula is C15H12F3N5O5. The summed E-state index contributed by atoms with van der Waals surface area (Å²) in [6, 6.07) is 3.44. The zero-order chi connectivity index (χ0) is 20.9. The quantitative estimate of drug-likeness (QED) is 0.414. The van der Waals surface area contributed by atoms with Gasteiger partial charge in [0.15, 0.2) is 5.69 Å². The molecule has 0 aliphatic heterocycles. The Kier molecular flexibility index (Phi) is 6.08. The van der Waals surface area contributed by atoms with Gasteiger partial charge in [0.05, 0.1) is 21.0 Å². The van der Waals surface area contributed by atoms with Crippen molar-refractivity contribution < 1.29 is 27.8 Å². The van der Waals surface area contributed by atoms with E-state index in [0.29, 0.717) is 0 Å². The van der Waals surface area contributed by atoms with Crippen molar-refractivity contribution in [1.29, 1.82) is 0 Å². The molecule has 13 heteroatoms. The standard InChI is InChI=1S/C15H12F3N5O5/c16-15(17,18)10-6-11(22(25)26)13(12(7-10)23(27)28)20-4-5-21-14(24)9-2-1-3-19-8-9/h1-3,6-8,20H,4-5H2,(H,21,24). The molecule has 0 spiro atoms. The van der Waals surface area contributed by atoms with Gasteiger partial charge in [0, 0.05) is 37.6 Å². The fourth-order valence-electron chi connectivity index (χ4n) is 2.21. The van der Waals surface area contributed by atoms with Gasteiger partial charge in [0.1, 0.15) is 0 Å². The van der Waals surface area contributed by atoms with Crippen LogP contribution in [0.4, 0.5) is 30.2 Å². The lowest BCUT2D eigenvalue weighted by Gasteiger charge is -2.12. The summed E-state index contributed by atoms with van der Waals surface area (Å²) in [7, 11) is 0. The Labute approximate surface area is 154 Å². The molecule has 148 valence electrons. The van der Waals surface area contributed by atoms with Gasteiger partial charge in [0.2, 0.25) is 0 Å². The number of benzene rings is 1. The number of nitro benzene ring substituents is 2. The molecule has 1 aromatic carbocycles. The average Bonchev–Trinajstić information content (AvgIpc) is 2.64. The molecule has 1 heterocycles. The molecular weight excluding hydrogens is 387 g/mol. The molecule has 1 amide bonds. The number of nitrogens with zero attached hydrogens (tertiary/aromatic N) is 3. The second-order valence-electron chi connectivity index (χ2n) is 5.33. The number of hydrogen-bond acceptors (Lipinski definition) is 7. The maximum absolute atomic E-state index is 12.8. The lowest BCUT2D eigenvalue weighted by atomic mass is 10.1. The van der Waals surface area contributed by atoms with Gasteiger partial charge in [-0.15, -0.1) is 0 Å². The van der Waals surface area contributed by atoms with Crippen LogP contribution in [0, 0.1) is 20.2 Å². The lowest BCUT2D eigenvalue weighted by Crippen LogP contribution is -2.29. The van der Waals surface area contributed by atoms with E-state index in [1.54, 1.807) is 0 Å². The Bertz CT molecular complexity index is 870. The Hall–Kier alpha value is -3.77. The van der Waals surface area contributed by atoms with E-state index < -0.39 is 44.6 Å². The highest BCUT2D eigenvalue weighted by Gasteiger charge is 2.37. The van der Waals surface area contributed by atoms with E-state index in [9.17, 15) is 38.2 Å². The minimum atomic E-state index is -4.99. The summed E-state index contributed by atoms with van der Waals surface area (Å²) in [5.41, 5.74) is -4.14. The normalized spacial score (nSPS) is 11.0. The Morgan fingerprint density at radius 1 is 1.11 bits per heavy atom. The smallest absolute Gasteiger partial charge is 0.372 e. The number of carbonyl (C=O) groups excluding carboxylic acids is 1. The van der Waals surface area contributed by atoms with Gasteiger partial charge >= 0.3 is 6.18 Å². The van der Waals surface area contributed by atoms with Crippen molar-refractivity contribution in [2.45, 2.75) is 6.18 Å². The van der Waals surface area contributed by atoms with Crippen LogP contribution >= 0.6 is 0 Å². The SMILES string of the molecule is O=C(NCCNc1c([N+](=O)[O-])cc(C(F)(F)F)cc1[N+](=O)[O-])c1cccnc1. The molecule has 0 fully saturated rings. The molecule has 0 atom stereocenters. The van der Waals surface area contributed by atoms with Crippen LogP contribution in [0.2, 0.25) is 0 Å². The Balaban J connectivity index is 2.18. The maximum Gasteiger partial charge on any atom is 0.416 e. The zero-order valence-corrected chi connectivity index (χ0v) is 13.9. The van der Waals surface area contributed by atoms with Crippen LogP contribution in [0.25, 0.3) is 0 Å². The molecule has 10 nitrogen and oxygen atoms in total. The fraction of sp³-hybridized carbons (Fsp3) is 0.200. The third kappa shape index (κ3) is 4.90. The maximum atomic E-state index is 12.8. The highest BCUT2D eigenvalue weighted by atomic mass is 19.4. The minimum absolute atomic E-state index is 0.108. The number of amides is 1. The van der Waals surface area contributed by atoms with E-state index in [-0.39, 0.29) is 30.8 Å². The van der Waals surface area contributed by atoms with E-state index in [4.69, 9.17) is 0 Å². The number of carbonyl (C=O) groups is 1. The van der Waals surface area contributed by atoms with E-state index in [1.807, 2.05) is 0 Å². The summed E-state index contributed by atoms with van der Waals surface area (Å²) < 4.78 is 38.5. The predicted octanol–water partition coefficient (Wildman–Crippen LogP) is 2.76. The lowest BCUT2D eigenvalue weighted by molar-refractivity contribution is -0.392. The molecule has 0 saturated heterocycles. The third-order valence-electron chi connectivity index (χ3n) is 3.45. The molecule has 28 heavy (non-hydrogen) atoms. The first-order valence-corrected chi connectivity index (χ1v) is 7.57. The number of nitrogens with one attached hydrogen (secondary N) is 2. The highest BCUT2D eigenvalue weighted by molar-refractivity contribution is 5.93. The van der Waals surface area contributed by atoms with Gasteiger partial charge < -0.3 is 10.6 Å². The molecule has 1 aromatic heterocycles. The molecule has 0 bridgehead atoms. The van der Waals surface area contributed by atoms with Crippen molar-refractivity contribution in [2.75, 3.05) is 18.4 Å². The van der Waals surface area contributed by atoms with Gasteiger partial charge in [-0.25, -0.2) is 0 Å². The van der Waals surface area contributed by atoms with Gasteiger partial charge in [-0.05, 0) is 12.1 Å². The monoisotopic (exact) mass is 399 g/mol. The van der Waals surface area contributed by atoms with Crippen LogP contribution in [0.15, 0.2) is 36.7 Å². The van der Waals surface area contributed by atoms with Crippen molar-refractivity contribution >= 4 is 23.0 Å². The summed E-state index contributed by atoms with van der Waals surface area (Å²) in [5, 5.41) is 27.0. The Morgan fingerprint density at radius 3 is 2.18 bits per heavy atom. The average molecular weight is 399 g/mol. The van der Waals surface area contributed by atoms with Crippen LogP contribution in [-0.4, -0.2) is 33.8 Å². The van der Waals surface area contributed by atoms with Crippen LogP contribution in [0.5, 0.6) is 0 Å². The molecule has 0 radical (unpaired) electrons. The minimum Gasteiger partial charge on any atom is -0.372 e. The summed E-state index contributed by atoms with van der Waals surface area (Å²) in [6.07, 6.45) is -2.23. The molecule has 0 aliphatic carbocycles. The molecule has 2 N–H and O–H groups in total. The molecule has 0 saturated carbocycles. The summed E-state index contributed by atoms with van der Waals surface area (Å²) in [6.45, 7) is -0.317. The number of nitro groups is 2. The van der Waals surface area contributed by atoms with E-state index in [1.165, 1.54) is 24.5 Å². The van der Waals surface area contributed by atoms with Crippen molar-refractivity contribution in [1.82, 2.24) is 10.3 Å². The van der Waals surface area contributed by atoms with Gasteiger partial charge in [-0.1, -0.05) is 0 Å². The number of hydrogen-bond donors (Lipinski definition) is 2. The number of pyridine rings is 1. The molecule has 2 rings (SSSR count). The van der Waals surface area contributed by atoms with Gasteiger partial charge in [0.25, 0.3) is 17.3 Å². The fourth-order valence-corrected chi connectivity index (χ4v) is 2.21. The second-order valence-corrected chi connectivity index (χ2v) is 5.33. The summed E-state index contributed by atoms with van der Waals surface area (Å²) in [5.74, 6) is -0.508. The van der Waals surface area contributed by atoms with Crippen molar-refractivity contribution in [2.24, 2.45) is 0 Å². The number of rotatable bonds is 7. The largest absolute Gasteiger partial charge is 0.416 e. The first-order chi connectivity index (χ1) is 13.1. The van der Waals surface area contributed by atoms with Gasteiger partial charge in [-0.3, -0.25) is 30.0 Å². The van der Waals surface area contributed by atoms with Crippen LogP contribution in [-0.2, 0) is 6.18 Å². The van der Waals surface area contributed by atoms with Crippen molar-refractivity contribution in [3.8, 4) is 0 Å². The zero-order valence-electron chi connectivity index (χ0n) is 13.9. The molecule has 2 aromatic rings. The second kappa shape index (κ2) is 8.28. The number of halogens is 3. The third-order valence-corrected chi connectivity index (χ3v) is 3.45. The van der Waals surface area contributed by atoms with E-state index >= 15 is 0 Å². The highest BCUT2D eigenvalue weighted by Crippen LogP contribution is 2.40.